The fourth-order valence-corrected chi connectivity index (χ4v) is 6.00. The van der Waals surface area contributed by atoms with Gasteiger partial charge in [0, 0.05) is 6.66 Å². The Morgan fingerprint density at radius 3 is 1.39 bits per heavy atom. The summed E-state index contributed by atoms with van der Waals surface area (Å²) in [6.45, 7) is 15.8. The minimum Gasteiger partial charge on any atom is -0.438 e. The number of aryl methyl sites for hydroxylation is 2. The molecule has 0 bridgehead atoms. The van der Waals surface area contributed by atoms with Gasteiger partial charge in [0.15, 0.2) is 0 Å². The number of benzene rings is 2. The molecule has 2 aromatic rings. The molecule has 0 fully saturated rings. The monoisotopic (exact) mass is 512 g/mol. The molecule has 0 aliphatic heterocycles. The summed E-state index contributed by atoms with van der Waals surface area (Å²) < 4.78 is 13.1. The molecular weight excluding hydrogens is 459 g/mol. The Morgan fingerprint density at radius 1 is 0.611 bits per heavy atom. The third-order valence-electron chi connectivity index (χ3n) is 7.25. The van der Waals surface area contributed by atoms with E-state index >= 15 is 0 Å². The molecule has 2 atom stereocenters. The SMILES string of the molecule is CCCCCc1ccc(OP(C)Oc2ccc(CCCCC)cc2C(C)CCC)c(C(C)CCC)c1. The lowest BCUT2D eigenvalue weighted by Gasteiger charge is -2.23. The Hall–Kier alpha value is -1.53. The van der Waals surface area contributed by atoms with Crippen molar-refractivity contribution < 1.29 is 9.05 Å². The Kier molecular flexibility index (Phi) is 14.6. The van der Waals surface area contributed by atoms with Crippen LogP contribution in [0.5, 0.6) is 11.5 Å². The predicted octanol–water partition coefficient (Wildman–Crippen LogP) is 11.4. The van der Waals surface area contributed by atoms with Gasteiger partial charge in [-0.15, -0.1) is 0 Å². The zero-order valence-corrected chi connectivity index (χ0v) is 25.3. The first-order valence-electron chi connectivity index (χ1n) is 14.8. The average Bonchev–Trinajstić information content (AvgIpc) is 2.86. The maximum Gasteiger partial charge on any atom is 0.286 e. The van der Waals surface area contributed by atoms with Crippen molar-refractivity contribution in [2.24, 2.45) is 0 Å². The highest BCUT2D eigenvalue weighted by atomic mass is 31.2. The van der Waals surface area contributed by atoms with E-state index in [1.807, 2.05) is 0 Å². The maximum atomic E-state index is 6.54. The molecule has 0 saturated heterocycles. The van der Waals surface area contributed by atoms with E-state index in [1.54, 1.807) is 0 Å². The van der Waals surface area contributed by atoms with Crippen molar-refractivity contribution in [1.82, 2.24) is 0 Å². The first-order valence-corrected chi connectivity index (χ1v) is 16.4. The summed E-state index contributed by atoms with van der Waals surface area (Å²) in [6, 6.07) is 13.7. The van der Waals surface area contributed by atoms with Gasteiger partial charge in [-0.3, -0.25) is 0 Å². The molecule has 0 aromatic heterocycles. The summed E-state index contributed by atoms with van der Waals surface area (Å²) in [6.07, 6.45) is 14.6. The summed E-state index contributed by atoms with van der Waals surface area (Å²) in [5, 5.41) is 0. The zero-order chi connectivity index (χ0) is 26.3. The van der Waals surface area contributed by atoms with Crippen LogP contribution in [0, 0.1) is 0 Å². The van der Waals surface area contributed by atoms with Crippen LogP contribution >= 0.6 is 8.38 Å². The van der Waals surface area contributed by atoms with Crippen LogP contribution in [0.1, 0.15) is 140 Å². The maximum absolute atomic E-state index is 6.54. The van der Waals surface area contributed by atoms with Crippen LogP contribution in [-0.2, 0) is 12.8 Å². The van der Waals surface area contributed by atoms with Crippen molar-refractivity contribution in [1.29, 1.82) is 0 Å². The summed E-state index contributed by atoms with van der Waals surface area (Å²) in [4.78, 5) is 0. The number of hydrogen-bond acceptors (Lipinski definition) is 2. The Morgan fingerprint density at radius 2 is 1.03 bits per heavy atom. The molecule has 2 nitrogen and oxygen atoms in total. The van der Waals surface area contributed by atoms with Gasteiger partial charge in [-0.05, 0) is 84.7 Å². The van der Waals surface area contributed by atoms with Crippen molar-refractivity contribution in [3.63, 3.8) is 0 Å². The lowest BCUT2D eigenvalue weighted by atomic mass is 9.93. The van der Waals surface area contributed by atoms with Crippen LogP contribution in [0.3, 0.4) is 0 Å². The van der Waals surface area contributed by atoms with Gasteiger partial charge in [0.25, 0.3) is 8.38 Å². The number of unbranched alkanes of at least 4 members (excludes halogenated alkanes) is 4. The summed E-state index contributed by atoms with van der Waals surface area (Å²) in [7, 11) is -1.08. The van der Waals surface area contributed by atoms with E-state index in [2.05, 4.69) is 84.6 Å². The Bertz CT molecular complexity index is 806. The van der Waals surface area contributed by atoms with E-state index in [1.165, 1.54) is 86.5 Å². The van der Waals surface area contributed by atoms with Gasteiger partial charge in [0.2, 0.25) is 0 Å². The summed E-state index contributed by atoms with van der Waals surface area (Å²) in [5.74, 6) is 2.98. The van der Waals surface area contributed by atoms with Crippen molar-refractivity contribution >= 4 is 8.38 Å². The minimum absolute atomic E-state index is 0.488. The number of rotatable bonds is 18. The molecule has 36 heavy (non-hydrogen) atoms. The second-order valence-electron chi connectivity index (χ2n) is 10.7. The molecule has 202 valence electrons. The second-order valence-corrected chi connectivity index (χ2v) is 11.9. The van der Waals surface area contributed by atoms with Gasteiger partial charge >= 0.3 is 0 Å². The summed E-state index contributed by atoms with van der Waals surface area (Å²) >= 11 is 0. The summed E-state index contributed by atoms with van der Waals surface area (Å²) in [5.41, 5.74) is 5.55. The molecule has 0 aliphatic carbocycles. The Balaban J connectivity index is 2.21. The quantitative estimate of drug-likeness (QED) is 0.146. The zero-order valence-electron chi connectivity index (χ0n) is 24.4. The largest absolute Gasteiger partial charge is 0.438 e. The van der Waals surface area contributed by atoms with E-state index in [0.29, 0.717) is 11.8 Å². The smallest absolute Gasteiger partial charge is 0.286 e. The average molecular weight is 513 g/mol. The molecule has 0 radical (unpaired) electrons. The normalized spacial score (nSPS) is 13.9. The standard InChI is InChI=1S/C33H53O2P/c1-8-12-14-18-28-20-22-32(30(24-28)26(5)16-10-3)34-36(7)35-33-23-21-29(19-15-13-9-2)25-31(33)27(6)17-11-4/h20-27H,8-19H2,1-7H3. The highest BCUT2D eigenvalue weighted by molar-refractivity contribution is 7.47. The highest BCUT2D eigenvalue weighted by Gasteiger charge is 2.19. The van der Waals surface area contributed by atoms with Crippen molar-refractivity contribution in [3.8, 4) is 11.5 Å². The van der Waals surface area contributed by atoms with Gasteiger partial charge in [-0.1, -0.05) is 104 Å². The van der Waals surface area contributed by atoms with E-state index in [0.717, 1.165) is 24.3 Å². The topological polar surface area (TPSA) is 18.5 Å². The second kappa shape index (κ2) is 17.1. The minimum atomic E-state index is -1.08. The fraction of sp³-hybridized carbons (Fsp3) is 0.636. The molecule has 0 N–H and O–H groups in total. The van der Waals surface area contributed by atoms with Crippen LogP contribution in [0.25, 0.3) is 0 Å². The van der Waals surface area contributed by atoms with Crippen molar-refractivity contribution in [3.05, 3.63) is 58.7 Å². The van der Waals surface area contributed by atoms with E-state index in [-0.39, 0.29) is 0 Å². The third-order valence-corrected chi connectivity index (χ3v) is 8.15. The molecule has 0 heterocycles. The van der Waals surface area contributed by atoms with Gasteiger partial charge < -0.3 is 9.05 Å². The molecule has 0 aliphatic rings. The van der Waals surface area contributed by atoms with Crippen LogP contribution in [0.4, 0.5) is 0 Å². The molecule has 2 aromatic carbocycles. The third kappa shape index (κ3) is 10.1. The molecule has 2 rings (SSSR count). The van der Waals surface area contributed by atoms with Gasteiger partial charge in [-0.25, -0.2) is 0 Å². The highest BCUT2D eigenvalue weighted by Crippen LogP contribution is 2.43. The first-order chi connectivity index (χ1) is 17.4. The van der Waals surface area contributed by atoms with Crippen molar-refractivity contribution in [2.75, 3.05) is 6.66 Å². The van der Waals surface area contributed by atoms with E-state index in [4.69, 9.17) is 9.05 Å². The van der Waals surface area contributed by atoms with Crippen LogP contribution in [0.15, 0.2) is 36.4 Å². The van der Waals surface area contributed by atoms with Crippen LogP contribution in [-0.4, -0.2) is 6.66 Å². The fourth-order valence-electron chi connectivity index (χ4n) is 5.07. The Labute approximate surface area is 224 Å². The molecule has 3 heteroatoms. The van der Waals surface area contributed by atoms with Crippen LogP contribution < -0.4 is 9.05 Å². The molecule has 0 saturated carbocycles. The lowest BCUT2D eigenvalue weighted by molar-refractivity contribution is 0.480. The van der Waals surface area contributed by atoms with E-state index in [9.17, 15) is 0 Å². The first kappa shape index (κ1) is 30.7. The molecule has 0 spiro atoms. The number of hydrogen-bond donors (Lipinski definition) is 0. The van der Waals surface area contributed by atoms with Gasteiger partial charge in [0.1, 0.15) is 11.5 Å². The molecule has 0 amide bonds. The molecule has 2 unspecified atom stereocenters. The van der Waals surface area contributed by atoms with E-state index < -0.39 is 8.38 Å². The molecular formula is C33H53O2P. The van der Waals surface area contributed by atoms with Crippen molar-refractivity contribution in [2.45, 2.75) is 130 Å². The van der Waals surface area contributed by atoms with Gasteiger partial charge in [0.05, 0.1) is 0 Å². The van der Waals surface area contributed by atoms with Gasteiger partial charge in [-0.2, -0.15) is 0 Å². The predicted molar refractivity (Wildman–Crippen MR) is 160 cm³/mol. The van der Waals surface area contributed by atoms with Crippen LogP contribution in [0.2, 0.25) is 0 Å². The lowest BCUT2D eigenvalue weighted by Crippen LogP contribution is -2.04.